The van der Waals surface area contributed by atoms with Crippen LogP contribution in [0.25, 0.3) is 0 Å². The topological polar surface area (TPSA) is 12.0 Å². The summed E-state index contributed by atoms with van der Waals surface area (Å²) in [6.45, 7) is 0. The zero-order valence-corrected chi connectivity index (χ0v) is 7.27. The first-order valence-corrected chi connectivity index (χ1v) is 4.47. The van der Waals surface area contributed by atoms with Crippen LogP contribution < -0.4 is 5.32 Å². The smallest absolute Gasteiger partial charge is 0.0240 e. The third-order valence-electron chi connectivity index (χ3n) is 2.62. The van der Waals surface area contributed by atoms with Crippen molar-refractivity contribution in [1.82, 2.24) is 5.32 Å². The van der Waals surface area contributed by atoms with Gasteiger partial charge in [-0.05, 0) is 19.4 Å². The molecule has 0 aromatic carbocycles. The largest absolute Gasteiger partial charge is 0.316 e. The van der Waals surface area contributed by atoms with Crippen LogP contribution in [-0.2, 0) is 0 Å². The minimum absolute atomic E-state index is 0.560. The van der Waals surface area contributed by atoms with Crippen LogP contribution in [0.15, 0.2) is 0 Å². The first-order chi connectivity index (χ1) is 5.36. The summed E-state index contributed by atoms with van der Waals surface area (Å²) in [5.74, 6) is 3.67. The monoisotopic (exact) mass is 151 g/mol. The van der Waals surface area contributed by atoms with Crippen LogP contribution in [-0.4, -0.2) is 13.1 Å². The van der Waals surface area contributed by atoms with Gasteiger partial charge in [0.25, 0.3) is 0 Å². The van der Waals surface area contributed by atoms with Gasteiger partial charge < -0.3 is 5.32 Å². The molecule has 0 aliphatic heterocycles. The number of terminal acetylenes is 1. The van der Waals surface area contributed by atoms with E-state index in [4.69, 9.17) is 6.42 Å². The molecule has 0 radical (unpaired) electrons. The molecule has 1 atom stereocenters. The average molecular weight is 151 g/mol. The van der Waals surface area contributed by atoms with Crippen LogP contribution in [0, 0.1) is 18.3 Å². The lowest BCUT2D eigenvalue weighted by Crippen LogP contribution is -2.29. The normalized spacial score (nSPS) is 20.4. The van der Waals surface area contributed by atoms with Crippen molar-refractivity contribution in [3.8, 4) is 12.3 Å². The molecule has 0 saturated heterocycles. The van der Waals surface area contributed by atoms with Gasteiger partial charge in [0.1, 0.15) is 0 Å². The van der Waals surface area contributed by atoms with Gasteiger partial charge in [-0.25, -0.2) is 0 Å². The molecule has 1 unspecified atom stereocenters. The van der Waals surface area contributed by atoms with Gasteiger partial charge in [0.2, 0.25) is 0 Å². The van der Waals surface area contributed by atoms with E-state index in [1.165, 1.54) is 25.7 Å². The highest BCUT2D eigenvalue weighted by molar-refractivity contribution is 4.90. The van der Waals surface area contributed by atoms with E-state index in [2.05, 4.69) is 11.2 Å². The number of hydrogen-bond donors (Lipinski definition) is 1. The summed E-state index contributed by atoms with van der Waals surface area (Å²) in [5.41, 5.74) is 0. The third-order valence-corrected chi connectivity index (χ3v) is 2.62. The van der Waals surface area contributed by atoms with Crippen LogP contribution in [0.4, 0.5) is 0 Å². The Balaban J connectivity index is 2.14. The predicted molar refractivity (Wildman–Crippen MR) is 48.3 cm³/mol. The SMILES string of the molecule is C#CCC(CC1CCC1)NC. The van der Waals surface area contributed by atoms with Gasteiger partial charge in [0, 0.05) is 12.5 Å². The van der Waals surface area contributed by atoms with Gasteiger partial charge in [0.05, 0.1) is 0 Å². The molecule has 62 valence electrons. The summed E-state index contributed by atoms with van der Waals surface area (Å²) < 4.78 is 0. The van der Waals surface area contributed by atoms with Crippen molar-refractivity contribution in [2.24, 2.45) is 5.92 Å². The maximum atomic E-state index is 5.25. The molecule has 1 heteroatoms. The Kier molecular flexibility index (Phi) is 3.45. The first kappa shape index (κ1) is 8.62. The number of hydrogen-bond acceptors (Lipinski definition) is 1. The van der Waals surface area contributed by atoms with E-state index in [0.717, 1.165) is 12.3 Å². The third kappa shape index (κ3) is 2.55. The Bertz CT molecular complexity index is 141. The number of rotatable bonds is 4. The van der Waals surface area contributed by atoms with Crippen LogP contribution in [0.3, 0.4) is 0 Å². The van der Waals surface area contributed by atoms with E-state index >= 15 is 0 Å². The molecular formula is C10H17N. The second-order valence-electron chi connectivity index (χ2n) is 3.43. The summed E-state index contributed by atoms with van der Waals surface area (Å²) in [5, 5.41) is 3.26. The van der Waals surface area contributed by atoms with Gasteiger partial charge in [-0.3, -0.25) is 0 Å². The molecule has 1 nitrogen and oxygen atoms in total. The lowest BCUT2D eigenvalue weighted by molar-refractivity contribution is 0.265. The molecule has 0 aromatic heterocycles. The summed E-state index contributed by atoms with van der Waals surface area (Å²) in [6, 6.07) is 0.560. The molecule has 1 fully saturated rings. The summed E-state index contributed by atoms with van der Waals surface area (Å²) in [7, 11) is 2.00. The van der Waals surface area contributed by atoms with E-state index in [-0.39, 0.29) is 0 Å². The maximum absolute atomic E-state index is 5.25. The van der Waals surface area contributed by atoms with Gasteiger partial charge in [-0.1, -0.05) is 19.3 Å². The summed E-state index contributed by atoms with van der Waals surface area (Å²) >= 11 is 0. The zero-order chi connectivity index (χ0) is 8.10. The van der Waals surface area contributed by atoms with E-state index < -0.39 is 0 Å². The molecule has 0 amide bonds. The van der Waals surface area contributed by atoms with E-state index in [9.17, 15) is 0 Å². The Morgan fingerprint density at radius 1 is 1.64 bits per heavy atom. The fourth-order valence-corrected chi connectivity index (χ4v) is 1.58. The van der Waals surface area contributed by atoms with E-state index in [1.807, 2.05) is 7.05 Å². The average Bonchev–Trinajstić information content (AvgIpc) is 1.94. The van der Waals surface area contributed by atoms with Gasteiger partial charge in [0.15, 0.2) is 0 Å². The lowest BCUT2D eigenvalue weighted by Gasteiger charge is -2.28. The Morgan fingerprint density at radius 3 is 2.73 bits per heavy atom. The van der Waals surface area contributed by atoms with Crippen molar-refractivity contribution in [2.45, 2.75) is 38.1 Å². The molecule has 0 spiro atoms. The van der Waals surface area contributed by atoms with Crippen LogP contribution in [0.5, 0.6) is 0 Å². The van der Waals surface area contributed by atoms with Crippen LogP contribution in [0.1, 0.15) is 32.1 Å². The highest BCUT2D eigenvalue weighted by atomic mass is 14.9. The predicted octanol–water partition coefficient (Wildman–Crippen LogP) is 1.79. The molecule has 1 N–H and O–H groups in total. The maximum Gasteiger partial charge on any atom is 0.0240 e. The second kappa shape index (κ2) is 4.41. The summed E-state index contributed by atoms with van der Waals surface area (Å²) in [4.78, 5) is 0. The van der Waals surface area contributed by atoms with Gasteiger partial charge in [-0.2, -0.15) is 0 Å². The van der Waals surface area contributed by atoms with Gasteiger partial charge in [-0.15, -0.1) is 12.3 Å². The van der Waals surface area contributed by atoms with Crippen LogP contribution in [0.2, 0.25) is 0 Å². The second-order valence-corrected chi connectivity index (χ2v) is 3.43. The van der Waals surface area contributed by atoms with Crippen molar-refractivity contribution >= 4 is 0 Å². The van der Waals surface area contributed by atoms with Crippen molar-refractivity contribution in [2.75, 3.05) is 7.05 Å². The molecule has 0 heterocycles. The van der Waals surface area contributed by atoms with Crippen molar-refractivity contribution < 1.29 is 0 Å². The minimum Gasteiger partial charge on any atom is -0.316 e. The molecule has 1 saturated carbocycles. The molecule has 11 heavy (non-hydrogen) atoms. The van der Waals surface area contributed by atoms with E-state index in [1.54, 1.807) is 0 Å². The van der Waals surface area contributed by atoms with Crippen molar-refractivity contribution in [1.29, 1.82) is 0 Å². The van der Waals surface area contributed by atoms with Gasteiger partial charge >= 0.3 is 0 Å². The Hall–Kier alpha value is -0.480. The highest BCUT2D eigenvalue weighted by Gasteiger charge is 2.20. The summed E-state index contributed by atoms with van der Waals surface area (Å²) in [6.07, 6.45) is 11.7. The van der Waals surface area contributed by atoms with Crippen molar-refractivity contribution in [3.05, 3.63) is 0 Å². The molecular weight excluding hydrogens is 134 g/mol. The van der Waals surface area contributed by atoms with E-state index in [0.29, 0.717) is 6.04 Å². The number of nitrogens with one attached hydrogen (secondary N) is 1. The molecule has 0 aromatic rings. The van der Waals surface area contributed by atoms with Crippen molar-refractivity contribution in [3.63, 3.8) is 0 Å². The Morgan fingerprint density at radius 2 is 2.36 bits per heavy atom. The molecule has 1 rings (SSSR count). The minimum atomic E-state index is 0.560. The lowest BCUT2D eigenvalue weighted by atomic mass is 9.80. The molecule has 1 aliphatic carbocycles. The molecule has 0 bridgehead atoms. The standard InChI is InChI=1S/C10H17N/c1-3-5-10(11-2)8-9-6-4-7-9/h1,9-11H,4-8H2,2H3. The van der Waals surface area contributed by atoms with Crippen LogP contribution >= 0.6 is 0 Å². The zero-order valence-electron chi connectivity index (χ0n) is 7.27. The fraction of sp³-hybridized carbons (Fsp3) is 0.800. The fourth-order valence-electron chi connectivity index (χ4n) is 1.58. The molecule has 1 aliphatic rings. The quantitative estimate of drug-likeness (QED) is 0.604. The first-order valence-electron chi connectivity index (χ1n) is 4.47. The Labute approximate surface area is 69.6 Å². The highest BCUT2D eigenvalue weighted by Crippen LogP contribution is 2.30.